The van der Waals surface area contributed by atoms with Crippen molar-refractivity contribution in [3.05, 3.63) is 56.5 Å². The van der Waals surface area contributed by atoms with Crippen LogP contribution in [0, 0.1) is 6.92 Å². The van der Waals surface area contributed by atoms with E-state index in [1.807, 2.05) is 18.2 Å². The van der Waals surface area contributed by atoms with Gasteiger partial charge in [-0.2, -0.15) is 0 Å². The molecule has 0 aliphatic carbocycles. The first-order valence-corrected chi connectivity index (χ1v) is 9.12. The summed E-state index contributed by atoms with van der Waals surface area (Å²) in [6, 6.07) is 8.81. The molecule has 3 rings (SSSR count). The van der Waals surface area contributed by atoms with E-state index in [4.69, 9.17) is 13.9 Å². The third kappa shape index (κ3) is 4.46. The first-order chi connectivity index (χ1) is 12.4. The van der Waals surface area contributed by atoms with Gasteiger partial charge in [0.1, 0.15) is 23.4 Å². The maximum Gasteiger partial charge on any atom is 0.339 e. The largest absolute Gasteiger partial charge is 0.496 e. The van der Waals surface area contributed by atoms with Crippen LogP contribution in [0.4, 0.5) is 0 Å². The summed E-state index contributed by atoms with van der Waals surface area (Å²) >= 11 is 3.45. The van der Waals surface area contributed by atoms with Crippen LogP contribution in [0.2, 0.25) is 0 Å². The number of nitrogens with zero attached hydrogens (tertiary/aromatic N) is 1. The molecule has 0 spiro atoms. The Balaban J connectivity index is 1.46. The Bertz CT molecular complexity index is 857. The highest BCUT2D eigenvalue weighted by Crippen LogP contribution is 2.26. The van der Waals surface area contributed by atoms with Gasteiger partial charge >= 0.3 is 5.63 Å². The van der Waals surface area contributed by atoms with Crippen molar-refractivity contribution in [3.8, 4) is 11.5 Å². The van der Waals surface area contributed by atoms with Crippen LogP contribution in [0.5, 0.6) is 11.5 Å². The second kappa shape index (κ2) is 7.95. The molecule has 7 heteroatoms. The van der Waals surface area contributed by atoms with Gasteiger partial charge in [-0.3, -0.25) is 4.79 Å². The van der Waals surface area contributed by atoms with E-state index >= 15 is 0 Å². The Morgan fingerprint density at radius 2 is 2.08 bits per heavy atom. The summed E-state index contributed by atoms with van der Waals surface area (Å²) in [5, 5.41) is 0. The summed E-state index contributed by atoms with van der Waals surface area (Å²) in [6.07, 6.45) is 1.03. The summed E-state index contributed by atoms with van der Waals surface area (Å²) in [5.74, 6) is 1.86. The molecule has 6 nitrogen and oxygen atoms in total. The Morgan fingerprint density at radius 3 is 2.73 bits per heavy atom. The average Bonchev–Trinajstić information content (AvgIpc) is 2.55. The smallest absolute Gasteiger partial charge is 0.339 e. The number of ether oxygens (including phenoxy) is 2. The molecular weight excluding hydrogens is 402 g/mol. The molecule has 1 aliphatic heterocycles. The number of hydrogen-bond donors (Lipinski definition) is 0. The van der Waals surface area contributed by atoms with Crippen molar-refractivity contribution in [2.45, 2.75) is 25.9 Å². The van der Waals surface area contributed by atoms with Crippen molar-refractivity contribution in [1.82, 2.24) is 4.90 Å². The van der Waals surface area contributed by atoms with Crippen LogP contribution in [-0.4, -0.2) is 37.1 Å². The van der Waals surface area contributed by atoms with E-state index < -0.39 is 5.63 Å². The van der Waals surface area contributed by atoms with E-state index in [2.05, 4.69) is 15.9 Å². The second-order valence-electron chi connectivity index (χ2n) is 6.23. The molecule has 1 aliphatic rings. The fourth-order valence-electron chi connectivity index (χ4n) is 2.83. The number of likely N-dealkylation sites (tertiary alicyclic amines) is 1. The maximum absolute atomic E-state index is 12.3. The van der Waals surface area contributed by atoms with Crippen molar-refractivity contribution in [3.63, 3.8) is 0 Å². The van der Waals surface area contributed by atoms with Crippen LogP contribution in [0.25, 0.3) is 0 Å². The second-order valence-corrected chi connectivity index (χ2v) is 7.08. The van der Waals surface area contributed by atoms with E-state index in [0.29, 0.717) is 37.4 Å². The minimum atomic E-state index is -0.432. The molecule has 0 bridgehead atoms. The first kappa shape index (κ1) is 18.5. The number of methoxy groups -OCH3 is 1. The lowest BCUT2D eigenvalue weighted by Gasteiger charge is -2.39. The molecule has 1 amide bonds. The molecule has 0 saturated carbocycles. The predicted octanol–water partition coefficient (Wildman–Crippen LogP) is 2.94. The van der Waals surface area contributed by atoms with Crippen LogP contribution in [0.15, 0.2) is 44.0 Å². The van der Waals surface area contributed by atoms with Crippen molar-refractivity contribution >= 4 is 21.8 Å². The van der Waals surface area contributed by atoms with E-state index in [-0.39, 0.29) is 12.0 Å². The fourth-order valence-corrected chi connectivity index (χ4v) is 3.42. The highest BCUT2D eigenvalue weighted by Gasteiger charge is 2.32. The monoisotopic (exact) mass is 421 g/mol. The molecule has 1 saturated heterocycles. The number of halogens is 1. The zero-order valence-corrected chi connectivity index (χ0v) is 16.2. The van der Waals surface area contributed by atoms with Crippen LogP contribution in [-0.2, 0) is 11.2 Å². The predicted molar refractivity (Wildman–Crippen MR) is 99.7 cm³/mol. The van der Waals surface area contributed by atoms with Gasteiger partial charge in [-0.1, -0.05) is 6.07 Å². The van der Waals surface area contributed by atoms with Gasteiger partial charge in [0.25, 0.3) is 0 Å². The lowest BCUT2D eigenvalue weighted by Crippen LogP contribution is -2.56. The van der Waals surface area contributed by atoms with Crippen molar-refractivity contribution in [1.29, 1.82) is 0 Å². The Morgan fingerprint density at radius 1 is 1.31 bits per heavy atom. The average molecular weight is 422 g/mol. The third-order valence-electron chi connectivity index (χ3n) is 4.21. The van der Waals surface area contributed by atoms with Gasteiger partial charge in [0, 0.05) is 12.5 Å². The van der Waals surface area contributed by atoms with Gasteiger partial charge in [-0.15, -0.1) is 0 Å². The summed E-state index contributed by atoms with van der Waals surface area (Å²) in [4.78, 5) is 25.4. The number of benzene rings is 1. The minimum absolute atomic E-state index is 0.0877. The molecule has 0 N–H and O–H groups in total. The standard InChI is InChI=1S/C19H20BrNO5/c1-12-7-14(9-19(23)25-12)26-15-10-21(11-15)18(22)6-4-13-3-5-17(24-2)16(20)8-13/h3,5,7-9,15H,4,6,10-11H2,1-2H3. The topological polar surface area (TPSA) is 69.0 Å². The number of hydrogen-bond acceptors (Lipinski definition) is 5. The molecule has 26 heavy (non-hydrogen) atoms. The van der Waals surface area contributed by atoms with Crippen molar-refractivity contribution in [2.24, 2.45) is 0 Å². The van der Waals surface area contributed by atoms with Crippen LogP contribution in [0.1, 0.15) is 17.7 Å². The van der Waals surface area contributed by atoms with Gasteiger partial charge in [-0.05, 0) is 47.0 Å². The van der Waals surface area contributed by atoms with Gasteiger partial charge in [0.15, 0.2) is 0 Å². The first-order valence-electron chi connectivity index (χ1n) is 8.33. The minimum Gasteiger partial charge on any atom is -0.496 e. The molecule has 0 unspecified atom stereocenters. The molecule has 2 aromatic rings. The van der Waals surface area contributed by atoms with Gasteiger partial charge in [0.2, 0.25) is 5.91 Å². The summed E-state index contributed by atoms with van der Waals surface area (Å²) < 4.78 is 16.7. The molecule has 1 aromatic heterocycles. The molecule has 1 fully saturated rings. The Hall–Kier alpha value is -2.28. The molecule has 0 atom stereocenters. The summed E-state index contributed by atoms with van der Waals surface area (Å²) in [5.41, 5.74) is 0.642. The zero-order chi connectivity index (χ0) is 18.7. The zero-order valence-electron chi connectivity index (χ0n) is 14.7. The number of carbonyl (C=O) groups is 1. The van der Waals surface area contributed by atoms with Crippen molar-refractivity contribution in [2.75, 3.05) is 20.2 Å². The Kier molecular flexibility index (Phi) is 5.66. The Labute approximate surface area is 159 Å². The third-order valence-corrected chi connectivity index (χ3v) is 4.83. The molecular formula is C19H20BrNO5. The highest BCUT2D eigenvalue weighted by molar-refractivity contribution is 9.10. The summed E-state index contributed by atoms with van der Waals surface area (Å²) in [6.45, 7) is 2.76. The fraction of sp³-hybridized carbons (Fsp3) is 0.368. The number of amides is 1. The lowest BCUT2D eigenvalue weighted by atomic mass is 10.1. The van der Waals surface area contributed by atoms with E-state index in [1.54, 1.807) is 25.0 Å². The van der Waals surface area contributed by atoms with E-state index in [9.17, 15) is 9.59 Å². The van der Waals surface area contributed by atoms with Crippen LogP contribution in [0.3, 0.4) is 0 Å². The van der Waals surface area contributed by atoms with Crippen molar-refractivity contribution < 1.29 is 18.7 Å². The molecule has 0 radical (unpaired) electrons. The van der Waals surface area contributed by atoms with Gasteiger partial charge in [0.05, 0.1) is 30.7 Å². The molecule has 1 aromatic carbocycles. The maximum atomic E-state index is 12.3. The molecule has 2 heterocycles. The normalized spacial score (nSPS) is 14.0. The van der Waals surface area contributed by atoms with E-state index in [0.717, 1.165) is 15.8 Å². The van der Waals surface area contributed by atoms with Crippen LogP contribution >= 0.6 is 15.9 Å². The van der Waals surface area contributed by atoms with Gasteiger partial charge in [-0.25, -0.2) is 4.79 Å². The number of carbonyl (C=O) groups excluding carboxylic acids is 1. The number of rotatable bonds is 6. The highest BCUT2D eigenvalue weighted by atomic mass is 79.9. The summed E-state index contributed by atoms with van der Waals surface area (Å²) in [7, 11) is 1.62. The quantitative estimate of drug-likeness (QED) is 0.716. The van der Waals surface area contributed by atoms with Crippen LogP contribution < -0.4 is 15.1 Å². The number of aryl methyl sites for hydroxylation is 2. The molecule has 138 valence electrons. The van der Waals surface area contributed by atoms with Gasteiger partial charge < -0.3 is 18.8 Å². The van der Waals surface area contributed by atoms with E-state index in [1.165, 1.54) is 6.07 Å². The SMILES string of the molecule is COc1ccc(CCC(=O)N2CC(Oc3cc(C)oc(=O)c3)C2)cc1Br. The lowest BCUT2D eigenvalue weighted by molar-refractivity contribution is -0.139.